The molecule has 164 valence electrons. The van der Waals surface area contributed by atoms with Gasteiger partial charge in [0, 0.05) is 25.2 Å². The van der Waals surface area contributed by atoms with Crippen LogP contribution >= 0.6 is 46.4 Å². The third kappa shape index (κ3) is 8.96. The van der Waals surface area contributed by atoms with Gasteiger partial charge in [-0.05, 0) is 53.0 Å². The van der Waals surface area contributed by atoms with Crippen molar-refractivity contribution < 1.29 is 9.59 Å². The highest BCUT2D eigenvalue weighted by Crippen LogP contribution is 2.24. The molecular weight excluding hydrogens is 478 g/mol. The molecule has 0 unspecified atom stereocenters. The molecule has 0 radical (unpaired) electrons. The number of benzene rings is 2. The highest BCUT2D eigenvalue weighted by molar-refractivity contribution is 6.42. The van der Waals surface area contributed by atoms with E-state index in [2.05, 4.69) is 10.6 Å². The van der Waals surface area contributed by atoms with Gasteiger partial charge in [0.05, 0.1) is 20.1 Å². The van der Waals surface area contributed by atoms with Crippen LogP contribution in [0.5, 0.6) is 0 Å². The summed E-state index contributed by atoms with van der Waals surface area (Å²) >= 11 is 23.7. The molecule has 0 spiro atoms. The number of carbonyl (C=O) groups excluding carboxylic acids is 2. The Bertz CT molecular complexity index is 937. The molecule has 0 heterocycles. The van der Waals surface area contributed by atoms with Gasteiger partial charge >= 0.3 is 0 Å². The number of hydrogen-bond donors (Lipinski definition) is 2. The lowest BCUT2D eigenvalue weighted by Crippen LogP contribution is -2.41. The maximum Gasteiger partial charge on any atom is 0.244 e. The Labute approximate surface area is 202 Å². The third-order valence-electron chi connectivity index (χ3n) is 4.22. The number of carbonyl (C=O) groups is 2. The van der Waals surface area contributed by atoms with Crippen molar-refractivity contribution in [1.82, 2.24) is 10.6 Å². The van der Waals surface area contributed by atoms with Crippen molar-refractivity contribution in [3.05, 3.63) is 79.8 Å². The molecule has 0 saturated heterocycles. The van der Waals surface area contributed by atoms with Crippen LogP contribution in [0, 0.1) is 5.41 Å². The highest BCUT2D eigenvalue weighted by atomic mass is 35.5. The molecule has 0 aliphatic carbocycles. The Morgan fingerprint density at radius 3 is 1.48 bits per heavy atom. The smallest absolute Gasteiger partial charge is 0.244 e. The summed E-state index contributed by atoms with van der Waals surface area (Å²) in [6.45, 7) is 4.65. The van der Waals surface area contributed by atoms with Crippen molar-refractivity contribution in [1.29, 1.82) is 0 Å². The van der Waals surface area contributed by atoms with Gasteiger partial charge in [-0.3, -0.25) is 9.59 Å². The topological polar surface area (TPSA) is 58.2 Å². The Balaban J connectivity index is 1.79. The number of amides is 2. The normalized spacial score (nSPS) is 11.8. The molecule has 4 nitrogen and oxygen atoms in total. The van der Waals surface area contributed by atoms with E-state index in [1.165, 1.54) is 12.2 Å². The van der Waals surface area contributed by atoms with Crippen molar-refractivity contribution in [3.63, 3.8) is 0 Å². The molecule has 0 saturated carbocycles. The van der Waals surface area contributed by atoms with Gasteiger partial charge in [0.15, 0.2) is 0 Å². The molecule has 0 fully saturated rings. The molecule has 0 aliphatic rings. The molecule has 2 rings (SSSR count). The second-order valence-electron chi connectivity index (χ2n) is 7.61. The Kier molecular flexibility index (Phi) is 9.45. The summed E-state index contributed by atoms with van der Waals surface area (Å²) in [6.07, 6.45) is 6.16. The Morgan fingerprint density at radius 1 is 0.742 bits per heavy atom. The summed E-state index contributed by atoms with van der Waals surface area (Å²) in [5, 5.41) is 7.43. The first kappa shape index (κ1) is 25.3. The molecule has 2 aromatic rings. The monoisotopic (exact) mass is 498 g/mol. The zero-order valence-electron chi connectivity index (χ0n) is 17.0. The van der Waals surface area contributed by atoms with E-state index in [0.717, 1.165) is 11.1 Å². The van der Waals surface area contributed by atoms with E-state index >= 15 is 0 Å². The summed E-state index contributed by atoms with van der Waals surface area (Å²) in [7, 11) is 0. The summed E-state index contributed by atoms with van der Waals surface area (Å²) in [5.74, 6) is -0.491. The molecule has 2 aromatic carbocycles. The molecule has 0 aliphatic heterocycles. The van der Waals surface area contributed by atoms with Crippen LogP contribution in [0.2, 0.25) is 20.1 Å². The van der Waals surface area contributed by atoms with E-state index in [4.69, 9.17) is 46.4 Å². The Morgan fingerprint density at radius 2 is 1.13 bits per heavy atom. The number of halogens is 4. The van der Waals surface area contributed by atoms with Crippen LogP contribution in [0.4, 0.5) is 0 Å². The van der Waals surface area contributed by atoms with Crippen LogP contribution in [0.3, 0.4) is 0 Å². The van der Waals surface area contributed by atoms with E-state index in [0.29, 0.717) is 33.2 Å². The van der Waals surface area contributed by atoms with Gasteiger partial charge in [0.2, 0.25) is 11.8 Å². The predicted octanol–water partition coefficient (Wildman–Crippen LogP) is 6.29. The van der Waals surface area contributed by atoms with Crippen LogP contribution in [0.25, 0.3) is 12.2 Å². The van der Waals surface area contributed by atoms with E-state index < -0.39 is 0 Å². The molecule has 2 amide bonds. The standard InChI is InChI=1S/C23H22Cl4N2O2/c1-23(2,13-28-21(30)9-5-15-3-7-17(24)19(26)11-15)14-29-22(31)10-6-16-4-8-18(25)20(27)12-16/h3-12H,13-14H2,1-2H3,(H,28,30)(H,29,31). The highest BCUT2D eigenvalue weighted by Gasteiger charge is 2.19. The molecular formula is C23H22Cl4N2O2. The van der Waals surface area contributed by atoms with Gasteiger partial charge < -0.3 is 10.6 Å². The minimum atomic E-state index is -0.347. The number of hydrogen-bond acceptors (Lipinski definition) is 2. The van der Waals surface area contributed by atoms with E-state index in [9.17, 15) is 9.59 Å². The SMILES string of the molecule is CC(C)(CNC(=O)C=Cc1ccc(Cl)c(Cl)c1)CNC(=O)C=Cc1ccc(Cl)c(Cl)c1. The first-order valence-corrected chi connectivity index (χ1v) is 10.9. The van der Waals surface area contributed by atoms with Gasteiger partial charge in [-0.15, -0.1) is 0 Å². The van der Waals surface area contributed by atoms with E-state index in [1.54, 1.807) is 48.6 Å². The predicted molar refractivity (Wildman–Crippen MR) is 131 cm³/mol. The Hall–Kier alpha value is -1.98. The van der Waals surface area contributed by atoms with Gasteiger partial charge in [-0.25, -0.2) is 0 Å². The molecule has 2 N–H and O–H groups in total. The molecule has 0 aromatic heterocycles. The lowest BCUT2D eigenvalue weighted by Gasteiger charge is -2.24. The van der Waals surface area contributed by atoms with Crippen molar-refractivity contribution in [2.75, 3.05) is 13.1 Å². The zero-order chi connectivity index (χ0) is 23.0. The van der Waals surface area contributed by atoms with Gasteiger partial charge in [-0.1, -0.05) is 72.4 Å². The summed E-state index contributed by atoms with van der Waals surface area (Å²) in [4.78, 5) is 24.2. The first-order valence-electron chi connectivity index (χ1n) is 9.38. The summed E-state index contributed by atoms with van der Waals surface area (Å²) < 4.78 is 0. The fourth-order valence-corrected chi connectivity index (χ4v) is 3.02. The molecule has 0 atom stereocenters. The van der Waals surface area contributed by atoms with Crippen molar-refractivity contribution in [2.45, 2.75) is 13.8 Å². The summed E-state index contributed by atoms with van der Waals surface area (Å²) in [6, 6.07) is 10.2. The van der Waals surface area contributed by atoms with Gasteiger partial charge in [0.25, 0.3) is 0 Å². The average molecular weight is 500 g/mol. The maximum absolute atomic E-state index is 12.1. The van der Waals surface area contributed by atoms with Crippen LogP contribution in [-0.2, 0) is 9.59 Å². The second kappa shape index (κ2) is 11.6. The van der Waals surface area contributed by atoms with Crippen LogP contribution in [-0.4, -0.2) is 24.9 Å². The lowest BCUT2D eigenvalue weighted by atomic mass is 9.93. The van der Waals surface area contributed by atoms with Crippen LogP contribution in [0.1, 0.15) is 25.0 Å². The fraction of sp³-hybridized carbons (Fsp3) is 0.217. The van der Waals surface area contributed by atoms with Crippen LogP contribution < -0.4 is 10.6 Å². The van der Waals surface area contributed by atoms with Crippen molar-refractivity contribution in [3.8, 4) is 0 Å². The van der Waals surface area contributed by atoms with Crippen molar-refractivity contribution >= 4 is 70.4 Å². The minimum Gasteiger partial charge on any atom is -0.352 e. The summed E-state index contributed by atoms with van der Waals surface area (Å²) in [5.41, 5.74) is 1.19. The van der Waals surface area contributed by atoms with E-state index in [1.807, 2.05) is 13.8 Å². The lowest BCUT2D eigenvalue weighted by molar-refractivity contribution is -0.116. The van der Waals surface area contributed by atoms with Crippen molar-refractivity contribution in [2.24, 2.45) is 5.41 Å². The quantitative estimate of drug-likeness (QED) is 0.419. The first-order chi connectivity index (χ1) is 14.6. The number of rotatable bonds is 8. The third-order valence-corrected chi connectivity index (χ3v) is 5.70. The largest absolute Gasteiger partial charge is 0.352 e. The zero-order valence-corrected chi connectivity index (χ0v) is 20.0. The number of nitrogens with one attached hydrogen (secondary N) is 2. The van der Waals surface area contributed by atoms with Crippen LogP contribution in [0.15, 0.2) is 48.6 Å². The average Bonchev–Trinajstić information content (AvgIpc) is 2.72. The van der Waals surface area contributed by atoms with E-state index in [-0.39, 0.29) is 17.2 Å². The molecule has 8 heteroatoms. The maximum atomic E-state index is 12.1. The molecule has 31 heavy (non-hydrogen) atoms. The fourth-order valence-electron chi connectivity index (χ4n) is 2.41. The second-order valence-corrected chi connectivity index (χ2v) is 9.24. The van der Waals surface area contributed by atoms with Gasteiger partial charge in [0.1, 0.15) is 0 Å². The minimum absolute atomic E-state index is 0.245. The van der Waals surface area contributed by atoms with Gasteiger partial charge in [-0.2, -0.15) is 0 Å². The molecule has 0 bridgehead atoms.